The van der Waals surface area contributed by atoms with Gasteiger partial charge < -0.3 is 4.74 Å². The standard InChI is InChI=1S/C11H12.C4H6O/c1-3-7-11-9-6-5-8-10(11)4-2;1-3-5-4-2/h3-6,8-9H,1-2,7H2;3-4H,1-2H2. The maximum Gasteiger partial charge on any atom is 0.0829 e. The predicted molar refractivity (Wildman–Crippen MR) is 71.9 cm³/mol. The van der Waals surface area contributed by atoms with Gasteiger partial charge in [0.05, 0.1) is 12.5 Å². The molecule has 0 unspecified atom stereocenters. The molecule has 0 aliphatic heterocycles. The Bertz CT molecular complexity index is 344. The van der Waals surface area contributed by atoms with Gasteiger partial charge in [0.2, 0.25) is 0 Å². The molecule has 1 rings (SSSR count). The minimum absolute atomic E-state index is 0.919. The van der Waals surface area contributed by atoms with Crippen molar-refractivity contribution < 1.29 is 4.74 Å². The highest BCUT2D eigenvalue weighted by molar-refractivity contribution is 5.52. The van der Waals surface area contributed by atoms with Gasteiger partial charge in [0, 0.05) is 0 Å². The summed E-state index contributed by atoms with van der Waals surface area (Å²) >= 11 is 0. The van der Waals surface area contributed by atoms with Crippen LogP contribution in [0, 0.1) is 0 Å². The molecular formula is C15H18O. The Labute approximate surface area is 98.1 Å². The predicted octanol–water partition coefficient (Wildman–Crippen LogP) is 4.35. The second-order valence-corrected chi connectivity index (χ2v) is 2.87. The molecule has 0 bridgehead atoms. The van der Waals surface area contributed by atoms with E-state index < -0.39 is 0 Å². The highest BCUT2D eigenvalue weighted by Crippen LogP contribution is 2.10. The van der Waals surface area contributed by atoms with Crippen LogP contribution in [0.25, 0.3) is 6.08 Å². The average molecular weight is 214 g/mol. The van der Waals surface area contributed by atoms with Gasteiger partial charge >= 0.3 is 0 Å². The van der Waals surface area contributed by atoms with Crippen LogP contribution < -0.4 is 0 Å². The zero-order chi connectivity index (χ0) is 12.2. The molecule has 0 amide bonds. The third kappa shape index (κ3) is 5.66. The van der Waals surface area contributed by atoms with E-state index in [0.717, 1.165) is 6.42 Å². The fourth-order valence-electron chi connectivity index (χ4n) is 1.14. The molecule has 1 nitrogen and oxygen atoms in total. The van der Waals surface area contributed by atoms with E-state index in [4.69, 9.17) is 0 Å². The van der Waals surface area contributed by atoms with Gasteiger partial charge in [-0.3, -0.25) is 0 Å². The number of allylic oxidation sites excluding steroid dienone is 1. The molecule has 0 aliphatic rings. The number of hydrogen-bond acceptors (Lipinski definition) is 1. The van der Waals surface area contributed by atoms with Crippen LogP contribution in [0.15, 0.2) is 69.2 Å². The largest absolute Gasteiger partial charge is 0.474 e. The topological polar surface area (TPSA) is 9.23 Å². The monoisotopic (exact) mass is 214 g/mol. The molecule has 0 aromatic heterocycles. The Morgan fingerprint density at radius 2 is 1.62 bits per heavy atom. The van der Waals surface area contributed by atoms with Crippen molar-refractivity contribution in [2.75, 3.05) is 0 Å². The average Bonchev–Trinajstić information content (AvgIpc) is 2.32. The summed E-state index contributed by atoms with van der Waals surface area (Å²) in [4.78, 5) is 0. The molecule has 1 aromatic rings. The van der Waals surface area contributed by atoms with E-state index in [-0.39, 0.29) is 0 Å². The maximum absolute atomic E-state index is 4.36. The van der Waals surface area contributed by atoms with Gasteiger partial charge in [0.1, 0.15) is 0 Å². The van der Waals surface area contributed by atoms with Crippen molar-refractivity contribution in [1.82, 2.24) is 0 Å². The van der Waals surface area contributed by atoms with Gasteiger partial charge in [-0.1, -0.05) is 56.2 Å². The number of hydrogen-bond donors (Lipinski definition) is 0. The zero-order valence-electron chi connectivity index (χ0n) is 9.56. The Kier molecular flexibility index (Phi) is 8.33. The fourth-order valence-corrected chi connectivity index (χ4v) is 1.14. The summed E-state index contributed by atoms with van der Waals surface area (Å²) in [7, 11) is 0. The van der Waals surface area contributed by atoms with Crippen LogP contribution in [-0.4, -0.2) is 0 Å². The molecule has 16 heavy (non-hydrogen) atoms. The van der Waals surface area contributed by atoms with Crippen LogP contribution >= 0.6 is 0 Å². The zero-order valence-corrected chi connectivity index (χ0v) is 9.56. The van der Waals surface area contributed by atoms with E-state index in [9.17, 15) is 0 Å². The maximum atomic E-state index is 4.36. The third-order valence-corrected chi connectivity index (χ3v) is 1.83. The lowest BCUT2D eigenvalue weighted by Crippen LogP contribution is -1.84. The highest BCUT2D eigenvalue weighted by Gasteiger charge is 1.93. The lowest BCUT2D eigenvalue weighted by atomic mass is 10.1. The summed E-state index contributed by atoms with van der Waals surface area (Å²) in [6.45, 7) is 14.0. The van der Waals surface area contributed by atoms with Crippen molar-refractivity contribution >= 4 is 6.08 Å². The van der Waals surface area contributed by atoms with Gasteiger partial charge in [0.25, 0.3) is 0 Å². The minimum atomic E-state index is 0.919. The van der Waals surface area contributed by atoms with Crippen molar-refractivity contribution in [3.05, 3.63) is 80.3 Å². The van der Waals surface area contributed by atoms with Gasteiger partial charge in [-0.15, -0.1) is 6.58 Å². The van der Waals surface area contributed by atoms with E-state index in [2.05, 4.69) is 43.2 Å². The van der Waals surface area contributed by atoms with E-state index >= 15 is 0 Å². The Hall–Kier alpha value is -2.02. The minimum Gasteiger partial charge on any atom is -0.474 e. The molecule has 0 atom stereocenters. The Morgan fingerprint density at radius 1 is 1.00 bits per heavy atom. The Balaban J connectivity index is 0.000000385. The lowest BCUT2D eigenvalue weighted by molar-refractivity contribution is 0.406. The summed E-state index contributed by atoms with van der Waals surface area (Å²) in [6.07, 6.45) is 7.32. The smallest absolute Gasteiger partial charge is 0.0829 e. The molecule has 0 aliphatic carbocycles. The molecule has 0 N–H and O–H groups in total. The van der Waals surface area contributed by atoms with Crippen LogP contribution in [0.3, 0.4) is 0 Å². The molecule has 0 fully saturated rings. The van der Waals surface area contributed by atoms with Gasteiger partial charge in [0.15, 0.2) is 0 Å². The van der Waals surface area contributed by atoms with Gasteiger partial charge in [-0.2, -0.15) is 0 Å². The molecule has 0 heterocycles. The van der Waals surface area contributed by atoms with Crippen LogP contribution in [0.2, 0.25) is 0 Å². The second-order valence-electron chi connectivity index (χ2n) is 2.87. The summed E-state index contributed by atoms with van der Waals surface area (Å²) in [6, 6.07) is 8.21. The van der Waals surface area contributed by atoms with E-state index in [1.165, 1.54) is 23.7 Å². The van der Waals surface area contributed by atoms with E-state index in [0.29, 0.717) is 0 Å². The summed E-state index contributed by atoms with van der Waals surface area (Å²) in [5.41, 5.74) is 2.49. The first kappa shape index (κ1) is 14.0. The number of benzene rings is 1. The van der Waals surface area contributed by atoms with Crippen molar-refractivity contribution in [3.63, 3.8) is 0 Å². The molecule has 1 aromatic carbocycles. The molecule has 84 valence electrons. The Morgan fingerprint density at radius 3 is 2.06 bits per heavy atom. The third-order valence-electron chi connectivity index (χ3n) is 1.83. The van der Waals surface area contributed by atoms with E-state index in [1.807, 2.05) is 24.3 Å². The molecule has 0 saturated heterocycles. The van der Waals surface area contributed by atoms with Gasteiger partial charge in [-0.05, 0) is 17.5 Å². The van der Waals surface area contributed by atoms with Crippen LogP contribution in [-0.2, 0) is 11.2 Å². The van der Waals surface area contributed by atoms with Crippen molar-refractivity contribution in [2.24, 2.45) is 0 Å². The SMILES string of the molecule is C=CCc1ccccc1C=C.C=COC=C. The van der Waals surface area contributed by atoms with Crippen molar-refractivity contribution in [1.29, 1.82) is 0 Å². The fraction of sp³-hybridized carbons (Fsp3) is 0.0667. The number of ether oxygens (including phenoxy) is 1. The summed E-state index contributed by atoms with van der Waals surface area (Å²) < 4.78 is 4.36. The van der Waals surface area contributed by atoms with Crippen LogP contribution in [0.4, 0.5) is 0 Å². The first-order valence-electron chi connectivity index (χ1n) is 4.98. The van der Waals surface area contributed by atoms with Gasteiger partial charge in [-0.25, -0.2) is 0 Å². The summed E-state index contributed by atoms with van der Waals surface area (Å²) in [5.74, 6) is 0. The second kappa shape index (κ2) is 9.53. The molecule has 0 spiro atoms. The molecule has 0 radical (unpaired) electrons. The van der Waals surface area contributed by atoms with Crippen molar-refractivity contribution in [2.45, 2.75) is 6.42 Å². The van der Waals surface area contributed by atoms with Crippen LogP contribution in [0.1, 0.15) is 11.1 Å². The molecule has 1 heteroatoms. The highest BCUT2D eigenvalue weighted by atomic mass is 16.5. The first-order valence-corrected chi connectivity index (χ1v) is 4.98. The van der Waals surface area contributed by atoms with Crippen molar-refractivity contribution in [3.8, 4) is 0 Å². The first-order chi connectivity index (χ1) is 7.79. The number of rotatable bonds is 5. The molecule has 0 saturated carbocycles. The van der Waals surface area contributed by atoms with Crippen LogP contribution in [0.5, 0.6) is 0 Å². The quantitative estimate of drug-likeness (QED) is 0.523. The van der Waals surface area contributed by atoms with E-state index in [1.54, 1.807) is 0 Å². The molecular weight excluding hydrogens is 196 g/mol. The summed E-state index contributed by atoms with van der Waals surface area (Å²) in [5, 5.41) is 0. The normalized spacial score (nSPS) is 8.00. The lowest BCUT2D eigenvalue weighted by Gasteiger charge is -2.00.